The van der Waals surface area contributed by atoms with Crippen LogP contribution in [0.15, 0.2) is 54.6 Å². The van der Waals surface area contributed by atoms with Gasteiger partial charge < -0.3 is 25.0 Å². The summed E-state index contributed by atoms with van der Waals surface area (Å²) in [5.41, 5.74) is 1.81. The number of alkyl carbamates (subject to hydrolysis) is 1. The van der Waals surface area contributed by atoms with Gasteiger partial charge in [0.05, 0.1) is 13.0 Å². The quantitative estimate of drug-likeness (QED) is 0.299. The summed E-state index contributed by atoms with van der Waals surface area (Å²) in [4.78, 5) is 54.6. The van der Waals surface area contributed by atoms with Crippen molar-refractivity contribution in [1.29, 1.82) is 0 Å². The summed E-state index contributed by atoms with van der Waals surface area (Å²) >= 11 is 0. The summed E-state index contributed by atoms with van der Waals surface area (Å²) in [6.45, 7) is 13.2. The highest BCUT2D eigenvalue weighted by Gasteiger charge is 2.38. The second-order valence-electron chi connectivity index (χ2n) is 11.2. The van der Waals surface area contributed by atoms with Crippen LogP contribution >= 0.6 is 0 Å². The van der Waals surface area contributed by atoms with E-state index >= 15 is 0 Å². The lowest BCUT2D eigenvalue weighted by Crippen LogP contribution is -2.56. The van der Waals surface area contributed by atoms with Crippen molar-refractivity contribution in [1.82, 2.24) is 15.5 Å². The predicted octanol–water partition coefficient (Wildman–Crippen LogP) is 5.12. The highest BCUT2D eigenvalue weighted by atomic mass is 16.6. The molecule has 9 nitrogen and oxygen atoms in total. The van der Waals surface area contributed by atoms with Gasteiger partial charge in [0, 0.05) is 19.0 Å². The van der Waals surface area contributed by atoms with E-state index in [0.29, 0.717) is 12.0 Å². The predicted molar refractivity (Wildman–Crippen MR) is 163 cm³/mol. The molecule has 230 valence electrons. The highest BCUT2D eigenvalue weighted by Crippen LogP contribution is 2.27. The Kier molecular flexibility index (Phi) is 13.5. The maximum absolute atomic E-state index is 14.5. The molecule has 0 aliphatic heterocycles. The van der Waals surface area contributed by atoms with Crippen LogP contribution in [-0.2, 0) is 36.7 Å². The molecule has 0 aliphatic carbocycles. The average molecular weight is 582 g/mol. The number of hydrogen-bond acceptors (Lipinski definition) is 6. The molecule has 42 heavy (non-hydrogen) atoms. The van der Waals surface area contributed by atoms with E-state index in [0.717, 1.165) is 17.5 Å². The number of rotatable bonds is 14. The van der Waals surface area contributed by atoms with Crippen molar-refractivity contribution in [3.63, 3.8) is 0 Å². The molecule has 9 heteroatoms. The summed E-state index contributed by atoms with van der Waals surface area (Å²) < 4.78 is 10.5. The maximum Gasteiger partial charge on any atom is 0.408 e. The summed E-state index contributed by atoms with van der Waals surface area (Å²) in [6, 6.07) is 14.6. The van der Waals surface area contributed by atoms with Gasteiger partial charge in [-0.05, 0) is 64.2 Å². The molecule has 0 saturated heterocycles. The van der Waals surface area contributed by atoms with Crippen LogP contribution in [0.4, 0.5) is 4.79 Å². The number of amides is 3. The first-order valence-electron chi connectivity index (χ1n) is 14.8. The largest absolute Gasteiger partial charge is 0.466 e. The van der Waals surface area contributed by atoms with Crippen LogP contribution in [0.3, 0.4) is 0 Å². The van der Waals surface area contributed by atoms with Crippen LogP contribution in [0, 0.1) is 0 Å². The molecule has 2 N–H and O–H groups in total. The number of esters is 1. The monoisotopic (exact) mass is 581 g/mol. The van der Waals surface area contributed by atoms with Gasteiger partial charge in [-0.3, -0.25) is 14.4 Å². The Morgan fingerprint density at radius 2 is 1.55 bits per heavy atom. The molecule has 0 aliphatic rings. The summed E-state index contributed by atoms with van der Waals surface area (Å²) in [5, 5.41) is 5.60. The van der Waals surface area contributed by atoms with Gasteiger partial charge in [0.2, 0.25) is 11.8 Å². The van der Waals surface area contributed by atoms with Crippen molar-refractivity contribution in [3.05, 3.63) is 71.3 Å². The fraction of sp³-hybridized carbons (Fsp3) is 0.515. The molecule has 3 amide bonds. The Morgan fingerprint density at radius 1 is 0.905 bits per heavy atom. The zero-order valence-corrected chi connectivity index (χ0v) is 26.1. The molecule has 0 aromatic heterocycles. The number of nitrogens with one attached hydrogen (secondary N) is 2. The van der Waals surface area contributed by atoms with Crippen molar-refractivity contribution >= 4 is 23.9 Å². The van der Waals surface area contributed by atoms with Crippen molar-refractivity contribution in [2.75, 3.05) is 13.2 Å². The lowest BCUT2D eigenvalue weighted by atomic mass is 9.97. The van der Waals surface area contributed by atoms with Gasteiger partial charge in [-0.15, -0.1) is 0 Å². The zero-order valence-electron chi connectivity index (χ0n) is 26.1. The van der Waals surface area contributed by atoms with Gasteiger partial charge in [-0.25, -0.2) is 4.79 Å². The first-order chi connectivity index (χ1) is 19.9. The van der Waals surface area contributed by atoms with Gasteiger partial charge in [-0.1, -0.05) is 68.4 Å². The molecule has 0 saturated carbocycles. The van der Waals surface area contributed by atoms with Gasteiger partial charge in [0.1, 0.15) is 17.7 Å². The van der Waals surface area contributed by atoms with Crippen LogP contribution in [0.5, 0.6) is 0 Å². The molecule has 0 spiro atoms. The van der Waals surface area contributed by atoms with E-state index in [1.54, 1.807) is 32.6 Å². The van der Waals surface area contributed by atoms with Gasteiger partial charge >= 0.3 is 12.1 Å². The van der Waals surface area contributed by atoms with Crippen LogP contribution in [0.25, 0.3) is 0 Å². The first-order valence-corrected chi connectivity index (χ1v) is 14.8. The van der Waals surface area contributed by atoms with Crippen molar-refractivity contribution in [3.8, 4) is 0 Å². The Morgan fingerprint density at radius 3 is 2.10 bits per heavy atom. The molecule has 0 bridgehead atoms. The fourth-order valence-electron chi connectivity index (χ4n) is 4.47. The van der Waals surface area contributed by atoms with Crippen LogP contribution in [-0.4, -0.2) is 59.6 Å². The number of carbonyl (C=O) groups excluding carboxylic acids is 4. The van der Waals surface area contributed by atoms with E-state index in [4.69, 9.17) is 9.47 Å². The Balaban J connectivity index is 2.52. The lowest BCUT2D eigenvalue weighted by Gasteiger charge is -2.38. The number of ether oxygens (including phenoxy) is 2. The second kappa shape index (κ2) is 16.5. The minimum absolute atomic E-state index is 0.00911. The molecule has 2 aromatic rings. The lowest BCUT2D eigenvalue weighted by molar-refractivity contribution is -0.146. The third kappa shape index (κ3) is 10.8. The van der Waals surface area contributed by atoms with Crippen LogP contribution < -0.4 is 10.6 Å². The maximum atomic E-state index is 14.5. The third-order valence-electron chi connectivity index (χ3n) is 6.76. The Bertz CT molecular complexity index is 1160. The molecule has 2 aromatic carbocycles. The molecule has 0 radical (unpaired) electrons. The third-order valence-corrected chi connectivity index (χ3v) is 6.76. The number of hydrogen-bond donors (Lipinski definition) is 2. The van der Waals surface area contributed by atoms with Crippen LogP contribution in [0.2, 0.25) is 0 Å². The molecular weight excluding hydrogens is 534 g/mol. The highest BCUT2D eigenvalue weighted by molar-refractivity contribution is 5.92. The van der Waals surface area contributed by atoms with E-state index < -0.39 is 41.6 Å². The van der Waals surface area contributed by atoms with Gasteiger partial charge in [0.25, 0.3) is 0 Å². The Labute approximate surface area is 250 Å². The SMILES string of the molecule is CCOC(=O)CCNC(=O)C(c1ccc(CC)cc1)N(C(=O)C(Cc1ccccc1)NC(=O)OC(C)(C)C)C(C)CC. The zero-order chi connectivity index (χ0) is 31.3. The first kappa shape index (κ1) is 34.3. The molecular formula is C33H47N3O6. The molecule has 2 rings (SSSR count). The molecule has 0 heterocycles. The number of benzene rings is 2. The number of nitrogens with zero attached hydrogens (tertiary/aromatic N) is 1. The topological polar surface area (TPSA) is 114 Å². The second-order valence-corrected chi connectivity index (χ2v) is 11.2. The summed E-state index contributed by atoms with van der Waals surface area (Å²) in [5.74, 6) is -1.25. The van der Waals surface area contributed by atoms with Crippen molar-refractivity contribution < 1.29 is 28.7 Å². The minimum atomic E-state index is -1.00. The van der Waals surface area contributed by atoms with Crippen molar-refractivity contribution in [2.45, 2.75) is 97.9 Å². The van der Waals surface area contributed by atoms with E-state index in [2.05, 4.69) is 10.6 Å². The fourth-order valence-corrected chi connectivity index (χ4v) is 4.47. The van der Waals surface area contributed by atoms with E-state index in [1.165, 1.54) is 0 Å². The Hall–Kier alpha value is -3.88. The average Bonchev–Trinajstić information content (AvgIpc) is 2.94. The van der Waals surface area contributed by atoms with E-state index in [-0.39, 0.29) is 32.0 Å². The summed E-state index contributed by atoms with van der Waals surface area (Å²) in [7, 11) is 0. The van der Waals surface area contributed by atoms with Crippen molar-refractivity contribution in [2.24, 2.45) is 0 Å². The van der Waals surface area contributed by atoms with Crippen LogP contribution in [0.1, 0.15) is 84.0 Å². The normalized spacial score (nSPS) is 13.3. The number of aryl methyl sites for hydroxylation is 1. The standard InChI is InChI=1S/C33H47N3O6/c1-8-23(4)36(31(39)27(22-25-14-12-11-13-15-25)35-32(40)42-33(5,6)7)29(26-18-16-24(9-2)17-19-26)30(38)34-21-20-28(37)41-10-3/h11-19,23,27,29H,8-10,20-22H2,1-7H3,(H,34,38)(H,35,40). The van der Waals surface area contributed by atoms with E-state index in [1.807, 2.05) is 75.4 Å². The van der Waals surface area contributed by atoms with Gasteiger partial charge in [0.15, 0.2) is 0 Å². The van der Waals surface area contributed by atoms with E-state index in [9.17, 15) is 19.2 Å². The minimum Gasteiger partial charge on any atom is -0.466 e. The molecule has 3 atom stereocenters. The smallest absolute Gasteiger partial charge is 0.408 e. The summed E-state index contributed by atoms with van der Waals surface area (Å²) in [6.07, 6.45) is 0.885. The van der Waals surface area contributed by atoms with Gasteiger partial charge in [-0.2, -0.15) is 0 Å². The molecule has 3 unspecified atom stereocenters. The molecule has 0 fully saturated rings. The number of carbonyl (C=O) groups is 4.